The first-order valence-electron chi connectivity index (χ1n) is 6.89. The van der Waals surface area contributed by atoms with Crippen molar-refractivity contribution in [1.82, 2.24) is 0 Å². The highest BCUT2D eigenvalue weighted by atomic mass is 35.5. The SMILES string of the molecule is COc1ccc(CC(CN)Cc2ccc(Cl)c(Cl)c2)cc1. The lowest BCUT2D eigenvalue weighted by Gasteiger charge is -2.15. The maximum absolute atomic E-state index is 6.06. The van der Waals surface area contributed by atoms with E-state index in [1.807, 2.05) is 30.3 Å². The van der Waals surface area contributed by atoms with Crippen LogP contribution in [0.25, 0.3) is 0 Å². The summed E-state index contributed by atoms with van der Waals surface area (Å²) in [6.07, 6.45) is 1.82. The second-order valence-corrected chi connectivity index (χ2v) is 5.92. The van der Waals surface area contributed by atoms with Crippen LogP contribution in [0.5, 0.6) is 5.75 Å². The fourth-order valence-corrected chi connectivity index (χ4v) is 2.65. The van der Waals surface area contributed by atoms with Crippen LogP contribution in [0, 0.1) is 5.92 Å². The van der Waals surface area contributed by atoms with Crippen molar-refractivity contribution >= 4 is 23.2 Å². The number of benzene rings is 2. The van der Waals surface area contributed by atoms with Crippen molar-refractivity contribution in [2.45, 2.75) is 12.8 Å². The van der Waals surface area contributed by atoms with E-state index in [1.54, 1.807) is 7.11 Å². The highest BCUT2D eigenvalue weighted by Crippen LogP contribution is 2.24. The summed E-state index contributed by atoms with van der Waals surface area (Å²) in [5, 5.41) is 1.18. The van der Waals surface area contributed by atoms with Crippen LogP contribution in [0.1, 0.15) is 11.1 Å². The van der Waals surface area contributed by atoms with Crippen LogP contribution in [0.15, 0.2) is 42.5 Å². The van der Waals surface area contributed by atoms with Crippen molar-refractivity contribution in [2.75, 3.05) is 13.7 Å². The molecule has 2 aromatic rings. The van der Waals surface area contributed by atoms with Crippen LogP contribution in [0.3, 0.4) is 0 Å². The Balaban J connectivity index is 2.03. The molecule has 4 heteroatoms. The Hall–Kier alpha value is -1.22. The highest BCUT2D eigenvalue weighted by molar-refractivity contribution is 6.42. The van der Waals surface area contributed by atoms with E-state index in [-0.39, 0.29) is 0 Å². The number of halogens is 2. The summed E-state index contributed by atoms with van der Waals surface area (Å²) >= 11 is 12.0. The Morgan fingerprint density at radius 1 is 0.952 bits per heavy atom. The first kappa shape index (κ1) is 16.2. The second kappa shape index (κ2) is 7.69. The van der Waals surface area contributed by atoms with E-state index in [2.05, 4.69) is 12.1 Å². The molecule has 21 heavy (non-hydrogen) atoms. The quantitative estimate of drug-likeness (QED) is 0.857. The minimum absolute atomic E-state index is 0.371. The van der Waals surface area contributed by atoms with Gasteiger partial charge >= 0.3 is 0 Å². The maximum Gasteiger partial charge on any atom is 0.118 e. The zero-order valence-electron chi connectivity index (χ0n) is 12.0. The molecule has 112 valence electrons. The number of nitrogens with two attached hydrogens (primary N) is 1. The largest absolute Gasteiger partial charge is 0.497 e. The smallest absolute Gasteiger partial charge is 0.118 e. The molecule has 0 heterocycles. The summed E-state index contributed by atoms with van der Waals surface area (Å²) in [5.74, 6) is 1.24. The molecule has 2 N–H and O–H groups in total. The van der Waals surface area contributed by atoms with Gasteiger partial charge in [-0.15, -0.1) is 0 Å². The van der Waals surface area contributed by atoms with Crippen LogP contribution in [0.2, 0.25) is 10.0 Å². The Kier molecular flexibility index (Phi) is 5.92. The van der Waals surface area contributed by atoms with E-state index < -0.39 is 0 Å². The first-order valence-corrected chi connectivity index (χ1v) is 7.65. The molecule has 0 aliphatic heterocycles. The molecule has 0 radical (unpaired) electrons. The summed E-state index contributed by atoms with van der Waals surface area (Å²) in [7, 11) is 1.67. The zero-order chi connectivity index (χ0) is 15.2. The number of ether oxygens (including phenoxy) is 1. The zero-order valence-corrected chi connectivity index (χ0v) is 13.5. The molecular formula is C17H19Cl2NO. The van der Waals surface area contributed by atoms with Crippen LogP contribution in [-0.2, 0) is 12.8 Å². The van der Waals surface area contributed by atoms with Gasteiger partial charge in [0.1, 0.15) is 5.75 Å². The average Bonchev–Trinajstić information content (AvgIpc) is 2.51. The predicted octanol–water partition coefficient (Wildman–Crippen LogP) is 4.36. The lowest BCUT2D eigenvalue weighted by molar-refractivity contribution is 0.414. The monoisotopic (exact) mass is 323 g/mol. The number of hydrogen-bond donors (Lipinski definition) is 1. The van der Waals surface area contributed by atoms with Crippen molar-refractivity contribution in [3.8, 4) is 5.75 Å². The minimum Gasteiger partial charge on any atom is -0.497 e. The van der Waals surface area contributed by atoms with E-state index in [9.17, 15) is 0 Å². The van der Waals surface area contributed by atoms with Crippen molar-refractivity contribution < 1.29 is 4.74 Å². The molecule has 0 saturated carbocycles. The van der Waals surface area contributed by atoms with Gasteiger partial charge in [0.25, 0.3) is 0 Å². The molecule has 0 aliphatic carbocycles. The molecule has 0 amide bonds. The molecule has 2 aromatic carbocycles. The van der Waals surface area contributed by atoms with E-state index in [4.69, 9.17) is 33.7 Å². The van der Waals surface area contributed by atoms with Crippen LogP contribution >= 0.6 is 23.2 Å². The fourth-order valence-electron chi connectivity index (χ4n) is 2.33. The van der Waals surface area contributed by atoms with Gasteiger partial charge < -0.3 is 10.5 Å². The van der Waals surface area contributed by atoms with Crippen LogP contribution in [0.4, 0.5) is 0 Å². The maximum atomic E-state index is 6.06. The van der Waals surface area contributed by atoms with Gasteiger partial charge in [0.15, 0.2) is 0 Å². The highest BCUT2D eigenvalue weighted by Gasteiger charge is 2.10. The van der Waals surface area contributed by atoms with Gasteiger partial charge in [0.05, 0.1) is 17.2 Å². The molecule has 0 fully saturated rings. The molecule has 2 rings (SSSR count). The topological polar surface area (TPSA) is 35.2 Å². The van der Waals surface area contributed by atoms with Crippen molar-refractivity contribution in [3.63, 3.8) is 0 Å². The Morgan fingerprint density at radius 3 is 2.14 bits per heavy atom. The molecule has 0 spiro atoms. The Labute approximate surface area is 135 Å². The third-order valence-corrected chi connectivity index (χ3v) is 4.26. The number of hydrogen-bond acceptors (Lipinski definition) is 2. The van der Waals surface area contributed by atoms with E-state index >= 15 is 0 Å². The molecule has 0 aliphatic rings. The summed E-state index contributed by atoms with van der Waals surface area (Å²) in [6, 6.07) is 13.9. The summed E-state index contributed by atoms with van der Waals surface area (Å²) < 4.78 is 5.17. The molecule has 1 atom stereocenters. The van der Waals surface area contributed by atoms with Crippen molar-refractivity contribution in [2.24, 2.45) is 11.7 Å². The lowest BCUT2D eigenvalue weighted by Crippen LogP contribution is -2.19. The summed E-state index contributed by atoms with van der Waals surface area (Å²) in [5.41, 5.74) is 8.33. The predicted molar refractivity (Wildman–Crippen MR) is 89.4 cm³/mol. The second-order valence-electron chi connectivity index (χ2n) is 5.11. The number of methoxy groups -OCH3 is 1. The third-order valence-electron chi connectivity index (χ3n) is 3.53. The molecule has 2 nitrogen and oxygen atoms in total. The number of rotatable bonds is 6. The van der Waals surface area contributed by atoms with Crippen molar-refractivity contribution in [3.05, 3.63) is 63.6 Å². The standard InChI is InChI=1S/C17H19Cl2NO/c1-21-15-5-2-12(3-6-15)8-14(11-20)9-13-4-7-16(18)17(19)10-13/h2-7,10,14H,8-9,11,20H2,1H3. The fraction of sp³-hybridized carbons (Fsp3) is 0.294. The Bertz CT molecular complexity index is 584. The van der Waals surface area contributed by atoms with Gasteiger partial charge in [-0.3, -0.25) is 0 Å². The lowest BCUT2D eigenvalue weighted by atomic mass is 9.92. The van der Waals surface area contributed by atoms with Gasteiger partial charge in [-0.05, 0) is 60.7 Å². The van der Waals surface area contributed by atoms with Gasteiger partial charge in [-0.1, -0.05) is 41.4 Å². The Morgan fingerprint density at radius 2 is 1.57 bits per heavy atom. The van der Waals surface area contributed by atoms with Gasteiger partial charge in [0, 0.05) is 0 Å². The molecular weight excluding hydrogens is 305 g/mol. The molecule has 0 bridgehead atoms. The normalized spacial score (nSPS) is 12.2. The first-order chi connectivity index (χ1) is 10.1. The van der Waals surface area contributed by atoms with Gasteiger partial charge in [-0.2, -0.15) is 0 Å². The van der Waals surface area contributed by atoms with E-state index in [1.165, 1.54) is 5.56 Å². The molecule has 1 unspecified atom stereocenters. The van der Waals surface area contributed by atoms with Gasteiger partial charge in [-0.25, -0.2) is 0 Å². The molecule has 0 saturated heterocycles. The van der Waals surface area contributed by atoms with E-state index in [0.717, 1.165) is 24.2 Å². The van der Waals surface area contributed by atoms with Gasteiger partial charge in [0.2, 0.25) is 0 Å². The third kappa shape index (κ3) is 4.63. The minimum atomic E-state index is 0.371. The van der Waals surface area contributed by atoms with E-state index in [0.29, 0.717) is 22.5 Å². The summed E-state index contributed by atoms with van der Waals surface area (Å²) in [6.45, 7) is 0.631. The van der Waals surface area contributed by atoms with Crippen LogP contribution in [-0.4, -0.2) is 13.7 Å². The van der Waals surface area contributed by atoms with Crippen LogP contribution < -0.4 is 10.5 Å². The molecule has 0 aromatic heterocycles. The average molecular weight is 324 g/mol. The van der Waals surface area contributed by atoms with Crippen molar-refractivity contribution in [1.29, 1.82) is 0 Å². The summed E-state index contributed by atoms with van der Waals surface area (Å²) in [4.78, 5) is 0.